The minimum atomic E-state index is -0.510. The third-order valence-corrected chi connectivity index (χ3v) is 4.44. The molecule has 0 saturated heterocycles. The Balaban J connectivity index is 0.000000198. The smallest absolute Gasteiger partial charge is 0.276 e. The monoisotopic (exact) mass is 332 g/mol. The van der Waals surface area contributed by atoms with Gasteiger partial charge in [-0.15, -0.1) is 6.58 Å². The number of rotatable bonds is 5. The van der Waals surface area contributed by atoms with Crippen molar-refractivity contribution in [3.63, 3.8) is 0 Å². The number of fused-ring (bicyclic) bond motifs is 1. The van der Waals surface area contributed by atoms with Crippen molar-refractivity contribution in [2.24, 2.45) is 0 Å². The lowest BCUT2D eigenvalue weighted by molar-refractivity contribution is 0.0705. The zero-order chi connectivity index (χ0) is 17.5. The molecule has 3 rings (SSSR count). The summed E-state index contributed by atoms with van der Waals surface area (Å²) in [5.74, 6) is -0.510. The van der Waals surface area contributed by atoms with Crippen LogP contribution in [-0.2, 0) is 13.0 Å². The van der Waals surface area contributed by atoms with Crippen molar-refractivity contribution in [2.75, 3.05) is 26.7 Å². The molecule has 1 aliphatic heterocycles. The van der Waals surface area contributed by atoms with Gasteiger partial charge in [-0.05, 0) is 44.5 Å². The maximum Gasteiger partial charge on any atom is 0.276 e. The molecular weight excluding hydrogens is 304 g/mol. The third-order valence-electron chi connectivity index (χ3n) is 4.44. The van der Waals surface area contributed by atoms with E-state index in [2.05, 4.69) is 28.3 Å². The van der Waals surface area contributed by atoms with Crippen molar-refractivity contribution < 1.29 is 10.0 Å². The van der Waals surface area contributed by atoms with Gasteiger partial charge < -0.3 is 4.90 Å². The second-order valence-electron chi connectivity index (χ2n) is 6.37. The molecule has 1 aliphatic carbocycles. The van der Waals surface area contributed by atoms with Gasteiger partial charge in [0, 0.05) is 31.9 Å². The molecule has 0 spiro atoms. The normalized spacial score (nSPS) is 16.8. The molecule has 0 aromatic carbocycles. The molecule has 1 saturated carbocycles. The number of pyridine rings is 1. The van der Waals surface area contributed by atoms with Crippen LogP contribution in [0.5, 0.6) is 0 Å². The highest BCUT2D eigenvalue weighted by Gasteiger charge is 2.26. The molecule has 6 nitrogen and oxygen atoms in total. The van der Waals surface area contributed by atoms with Gasteiger partial charge in [0.05, 0.1) is 11.3 Å². The van der Waals surface area contributed by atoms with Gasteiger partial charge in [-0.1, -0.05) is 13.0 Å². The lowest BCUT2D eigenvalue weighted by Gasteiger charge is -2.24. The Bertz CT molecular complexity index is 572. The molecule has 2 aliphatic rings. The predicted molar refractivity (Wildman–Crippen MR) is 94.0 cm³/mol. The van der Waals surface area contributed by atoms with Crippen LogP contribution in [0.1, 0.15) is 41.4 Å². The molecule has 0 unspecified atom stereocenters. The second kappa shape index (κ2) is 8.92. The van der Waals surface area contributed by atoms with E-state index < -0.39 is 5.91 Å². The molecule has 0 radical (unpaired) electrons. The molecule has 2 N–H and O–H groups in total. The zero-order valence-electron chi connectivity index (χ0n) is 14.7. The predicted octanol–water partition coefficient (Wildman–Crippen LogP) is 1.85. The number of carbonyl (C=O) groups excluding carboxylic acids is 1. The van der Waals surface area contributed by atoms with E-state index in [0.717, 1.165) is 43.4 Å². The maximum absolute atomic E-state index is 11.2. The quantitative estimate of drug-likeness (QED) is 0.489. The first-order valence-corrected chi connectivity index (χ1v) is 8.54. The Kier molecular flexibility index (Phi) is 6.90. The topological polar surface area (TPSA) is 68.7 Å². The second-order valence-corrected chi connectivity index (χ2v) is 6.37. The van der Waals surface area contributed by atoms with E-state index in [-0.39, 0.29) is 0 Å². The van der Waals surface area contributed by atoms with Crippen LogP contribution in [0.3, 0.4) is 0 Å². The summed E-state index contributed by atoms with van der Waals surface area (Å²) in [6.45, 7) is 9.96. The van der Waals surface area contributed by atoms with Gasteiger partial charge in [-0.3, -0.25) is 19.9 Å². The van der Waals surface area contributed by atoms with E-state index >= 15 is 0 Å². The molecule has 0 atom stereocenters. The lowest BCUT2D eigenvalue weighted by atomic mass is 10.0. The Morgan fingerprint density at radius 3 is 2.92 bits per heavy atom. The van der Waals surface area contributed by atoms with Crippen LogP contribution in [-0.4, -0.2) is 58.6 Å². The first-order valence-electron chi connectivity index (χ1n) is 8.54. The zero-order valence-corrected chi connectivity index (χ0v) is 14.7. The fourth-order valence-electron chi connectivity index (χ4n) is 2.87. The van der Waals surface area contributed by atoms with E-state index in [1.807, 2.05) is 13.1 Å². The largest absolute Gasteiger partial charge is 0.300 e. The number of hydrogen-bond donors (Lipinski definition) is 2. The summed E-state index contributed by atoms with van der Waals surface area (Å²) in [6.07, 6.45) is 7.18. The molecule has 0 bridgehead atoms. The first-order chi connectivity index (χ1) is 11.6. The van der Waals surface area contributed by atoms with Crippen LogP contribution in [0.4, 0.5) is 0 Å². The van der Waals surface area contributed by atoms with Gasteiger partial charge >= 0.3 is 0 Å². The number of hydroxylamine groups is 1. The van der Waals surface area contributed by atoms with Crippen molar-refractivity contribution in [1.29, 1.82) is 0 Å². The molecule has 1 aromatic heterocycles. The molecular formula is C18H28N4O2. The number of nitrogens with zero attached hydrogens (tertiary/aromatic N) is 3. The first kappa shape index (κ1) is 18.6. The van der Waals surface area contributed by atoms with Crippen molar-refractivity contribution >= 4 is 5.91 Å². The van der Waals surface area contributed by atoms with E-state index in [1.54, 1.807) is 11.5 Å². The van der Waals surface area contributed by atoms with E-state index in [0.29, 0.717) is 5.56 Å². The molecule has 132 valence electrons. The number of amides is 1. The Morgan fingerprint density at radius 1 is 1.58 bits per heavy atom. The van der Waals surface area contributed by atoms with E-state index in [9.17, 15) is 4.79 Å². The van der Waals surface area contributed by atoms with Crippen LogP contribution in [0, 0.1) is 0 Å². The fraction of sp³-hybridized carbons (Fsp3) is 0.556. The van der Waals surface area contributed by atoms with Crippen molar-refractivity contribution in [3.8, 4) is 0 Å². The van der Waals surface area contributed by atoms with Crippen LogP contribution < -0.4 is 5.48 Å². The lowest BCUT2D eigenvalue weighted by Crippen LogP contribution is -2.28. The molecule has 1 fully saturated rings. The number of aromatic nitrogens is 1. The minimum Gasteiger partial charge on any atom is -0.300 e. The van der Waals surface area contributed by atoms with Crippen LogP contribution in [0.2, 0.25) is 0 Å². The fourth-order valence-corrected chi connectivity index (χ4v) is 2.87. The molecule has 1 aromatic rings. The average Bonchev–Trinajstić information content (AvgIpc) is 3.44. The van der Waals surface area contributed by atoms with Crippen LogP contribution in [0.15, 0.2) is 24.9 Å². The van der Waals surface area contributed by atoms with Crippen LogP contribution in [0.25, 0.3) is 0 Å². The molecule has 1 amide bonds. The average molecular weight is 332 g/mol. The van der Waals surface area contributed by atoms with E-state index in [4.69, 9.17) is 5.21 Å². The minimum absolute atomic E-state index is 0.404. The summed E-state index contributed by atoms with van der Waals surface area (Å²) < 4.78 is 0. The number of carbonyl (C=O) groups is 1. The van der Waals surface area contributed by atoms with Crippen molar-refractivity contribution in [1.82, 2.24) is 20.3 Å². The summed E-state index contributed by atoms with van der Waals surface area (Å²) in [7, 11) is 2.04. The Hall–Kier alpha value is -1.76. The number of hydrogen-bond acceptors (Lipinski definition) is 5. The van der Waals surface area contributed by atoms with E-state index in [1.165, 1.54) is 25.6 Å². The Labute approximate surface area is 144 Å². The highest BCUT2D eigenvalue weighted by Crippen LogP contribution is 2.25. The SMILES string of the molecule is C=CCN(CC)C1CC1.CN1CCc2cc(C(=O)NO)cnc2C1. The maximum atomic E-state index is 11.2. The standard InChI is InChI=1S/C10H13N3O2.C8H15N/c1-13-3-2-7-4-8(10(14)12-15)5-11-9(7)6-13;1-3-7-9(4-2)8-5-6-8/h4-5,15H,2-3,6H2,1H3,(H,12,14);3,8H,1,4-7H2,2H3. The van der Waals surface area contributed by atoms with Gasteiger partial charge in [0.15, 0.2) is 0 Å². The van der Waals surface area contributed by atoms with Gasteiger partial charge in [0.1, 0.15) is 0 Å². The number of likely N-dealkylation sites (N-methyl/N-ethyl adjacent to an activating group) is 2. The molecule has 24 heavy (non-hydrogen) atoms. The van der Waals surface area contributed by atoms with Crippen molar-refractivity contribution in [2.45, 2.75) is 38.8 Å². The summed E-state index contributed by atoms with van der Waals surface area (Å²) in [5.41, 5.74) is 4.12. The van der Waals surface area contributed by atoms with Gasteiger partial charge in [0.25, 0.3) is 5.91 Å². The molecule has 2 heterocycles. The summed E-state index contributed by atoms with van der Waals surface area (Å²) >= 11 is 0. The van der Waals surface area contributed by atoms with Crippen molar-refractivity contribution in [3.05, 3.63) is 41.7 Å². The highest BCUT2D eigenvalue weighted by molar-refractivity contribution is 5.93. The molecule has 6 heteroatoms. The van der Waals surface area contributed by atoms with Gasteiger partial charge in [-0.25, -0.2) is 5.48 Å². The summed E-state index contributed by atoms with van der Waals surface area (Å²) in [6, 6.07) is 2.69. The van der Waals surface area contributed by atoms with Gasteiger partial charge in [0.2, 0.25) is 0 Å². The third kappa shape index (κ3) is 5.12. The summed E-state index contributed by atoms with van der Waals surface area (Å²) in [4.78, 5) is 20.0. The summed E-state index contributed by atoms with van der Waals surface area (Å²) in [5, 5.41) is 8.50. The van der Waals surface area contributed by atoms with Crippen LogP contribution >= 0.6 is 0 Å². The Morgan fingerprint density at radius 2 is 2.33 bits per heavy atom. The highest BCUT2D eigenvalue weighted by atomic mass is 16.5. The number of nitrogens with one attached hydrogen (secondary N) is 1. The van der Waals surface area contributed by atoms with Gasteiger partial charge in [-0.2, -0.15) is 0 Å².